The number of carbonyl (C=O) groups is 3. The summed E-state index contributed by atoms with van der Waals surface area (Å²) in [7, 11) is 0. The monoisotopic (exact) mass is 279 g/mol. The number of hydrogen-bond acceptors (Lipinski definition) is 4. The van der Waals surface area contributed by atoms with Crippen molar-refractivity contribution in [3.05, 3.63) is 40.9 Å². The van der Waals surface area contributed by atoms with Gasteiger partial charge in [-0.05, 0) is 23.8 Å². The van der Waals surface area contributed by atoms with Crippen molar-refractivity contribution in [2.45, 2.75) is 12.8 Å². The van der Waals surface area contributed by atoms with Gasteiger partial charge in [-0.25, -0.2) is 4.79 Å². The first-order valence-corrected chi connectivity index (χ1v) is 5.95. The Bertz CT molecular complexity index is 552. The molecule has 0 N–H and O–H groups in total. The lowest BCUT2D eigenvalue weighted by atomic mass is 10.2. The first-order chi connectivity index (χ1) is 9.06. The maximum Gasteiger partial charge on any atom is 0.356 e. The van der Waals surface area contributed by atoms with Crippen LogP contribution in [0.5, 0.6) is 0 Å². The Morgan fingerprint density at radius 2 is 1.95 bits per heavy atom. The quantitative estimate of drug-likeness (QED) is 0.627. The summed E-state index contributed by atoms with van der Waals surface area (Å²) in [6.45, 7) is 0. The zero-order valence-corrected chi connectivity index (χ0v) is 10.6. The number of amides is 2. The highest BCUT2D eigenvalue weighted by atomic mass is 35.5. The highest BCUT2D eigenvalue weighted by Gasteiger charge is 2.32. The van der Waals surface area contributed by atoms with Gasteiger partial charge in [-0.1, -0.05) is 23.7 Å². The van der Waals surface area contributed by atoms with Crippen molar-refractivity contribution in [3.8, 4) is 0 Å². The molecule has 1 heterocycles. The fourth-order valence-corrected chi connectivity index (χ4v) is 1.75. The first-order valence-electron chi connectivity index (χ1n) is 5.57. The van der Waals surface area contributed by atoms with E-state index < -0.39 is 17.8 Å². The zero-order chi connectivity index (χ0) is 13.8. The van der Waals surface area contributed by atoms with E-state index in [1.165, 1.54) is 6.08 Å². The number of carbonyl (C=O) groups excluding carboxylic acids is 3. The molecule has 1 aromatic rings. The number of benzene rings is 1. The van der Waals surface area contributed by atoms with E-state index in [2.05, 4.69) is 4.84 Å². The summed E-state index contributed by atoms with van der Waals surface area (Å²) in [5, 5.41) is 1.05. The SMILES string of the molecule is O=C(/C=C/c1cccc(Cl)c1)ON1C(=O)CCC1=O. The topological polar surface area (TPSA) is 63.7 Å². The maximum atomic E-state index is 11.5. The predicted octanol–water partition coefficient (Wildman–Crippen LogP) is 1.96. The fraction of sp³-hybridized carbons (Fsp3) is 0.154. The van der Waals surface area contributed by atoms with Crippen molar-refractivity contribution < 1.29 is 19.2 Å². The van der Waals surface area contributed by atoms with Crippen LogP contribution in [-0.2, 0) is 19.2 Å². The van der Waals surface area contributed by atoms with Crippen LogP contribution in [0, 0.1) is 0 Å². The molecule has 6 heteroatoms. The van der Waals surface area contributed by atoms with Crippen molar-refractivity contribution in [3.63, 3.8) is 0 Å². The molecule has 0 spiro atoms. The molecule has 5 nitrogen and oxygen atoms in total. The van der Waals surface area contributed by atoms with E-state index in [1.807, 2.05) is 0 Å². The molecule has 0 atom stereocenters. The third kappa shape index (κ3) is 3.42. The van der Waals surface area contributed by atoms with Gasteiger partial charge in [0.05, 0.1) is 0 Å². The van der Waals surface area contributed by atoms with Gasteiger partial charge in [0.1, 0.15) is 0 Å². The normalized spacial score (nSPS) is 15.3. The van der Waals surface area contributed by atoms with Gasteiger partial charge in [-0.15, -0.1) is 5.06 Å². The molecule has 0 aliphatic carbocycles. The molecule has 1 aliphatic heterocycles. The molecule has 0 saturated carbocycles. The van der Waals surface area contributed by atoms with Crippen molar-refractivity contribution in [2.24, 2.45) is 0 Å². The largest absolute Gasteiger partial charge is 0.356 e. The molecule has 1 saturated heterocycles. The van der Waals surface area contributed by atoms with E-state index in [1.54, 1.807) is 24.3 Å². The van der Waals surface area contributed by atoms with E-state index in [4.69, 9.17) is 11.6 Å². The van der Waals surface area contributed by atoms with Gasteiger partial charge in [0.2, 0.25) is 0 Å². The minimum atomic E-state index is -0.788. The Hall–Kier alpha value is -2.14. The molecule has 19 heavy (non-hydrogen) atoms. The number of halogens is 1. The van der Waals surface area contributed by atoms with Crippen molar-refractivity contribution in [2.75, 3.05) is 0 Å². The number of rotatable bonds is 3. The number of nitrogens with zero attached hydrogens (tertiary/aromatic N) is 1. The predicted molar refractivity (Wildman–Crippen MR) is 67.7 cm³/mol. The van der Waals surface area contributed by atoms with E-state index in [9.17, 15) is 14.4 Å². The molecule has 1 aliphatic rings. The minimum absolute atomic E-state index is 0.0735. The molecule has 98 valence electrons. The summed E-state index contributed by atoms with van der Waals surface area (Å²) in [4.78, 5) is 38.6. The molecular formula is C13H10ClNO4. The smallest absolute Gasteiger partial charge is 0.326 e. The van der Waals surface area contributed by atoms with Gasteiger partial charge in [0, 0.05) is 23.9 Å². The Morgan fingerprint density at radius 3 is 2.58 bits per heavy atom. The standard InChI is InChI=1S/C13H10ClNO4/c14-10-3-1-2-9(8-10)4-7-13(18)19-15-11(16)5-6-12(15)17/h1-4,7-8H,5-6H2/b7-4+. The van der Waals surface area contributed by atoms with E-state index in [0.717, 1.165) is 6.08 Å². The number of hydrogen-bond donors (Lipinski definition) is 0. The Balaban J connectivity index is 1.98. The Labute approximate surface area is 114 Å². The Kier molecular flexibility index (Phi) is 3.97. The van der Waals surface area contributed by atoms with Gasteiger partial charge in [0.15, 0.2) is 0 Å². The van der Waals surface area contributed by atoms with Crippen molar-refractivity contribution >= 4 is 35.5 Å². The first kappa shape index (κ1) is 13.3. The second kappa shape index (κ2) is 5.67. The second-order valence-corrected chi connectivity index (χ2v) is 4.32. The summed E-state index contributed by atoms with van der Waals surface area (Å²) < 4.78 is 0. The third-order valence-electron chi connectivity index (χ3n) is 2.45. The average Bonchev–Trinajstić information content (AvgIpc) is 2.68. The molecule has 0 radical (unpaired) electrons. The van der Waals surface area contributed by atoms with Crippen LogP contribution in [0.3, 0.4) is 0 Å². The van der Waals surface area contributed by atoms with E-state index in [-0.39, 0.29) is 12.8 Å². The van der Waals surface area contributed by atoms with Crippen LogP contribution in [0.15, 0.2) is 30.3 Å². The molecule has 2 rings (SSSR count). The minimum Gasteiger partial charge on any atom is -0.326 e. The summed E-state index contributed by atoms with van der Waals surface area (Å²) in [5.74, 6) is -1.80. The summed E-state index contributed by atoms with van der Waals surface area (Å²) in [5.41, 5.74) is 0.712. The molecule has 0 aromatic heterocycles. The lowest BCUT2D eigenvalue weighted by molar-refractivity contribution is -0.193. The van der Waals surface area contributed by atoms with E-state index >= 15 is 0 Å². The molecule has 0 unspecified atom stereocenters. The molecule has 1 fully saturated rings. The van der Waals surface area contributed by atoms with Gasteiger partial charge in [-0.3, -0.25) is 9.59 Å². The van der Waals surface area contributed by atoms with Crippen LogP contribution < -0.4 is 0 Å². The lowest BCUT2D eigenvalue weighted by Gasteiger charge is -2.10. The number of hydroxylamine groups is 2. The highest BCUT2D eigenvalue weighted by molar-refractivity contribution is 6.30. The molecular weight excluding hydrogens is 270 g/mol. The average molecular weight is 280 g/mol. The summed E-state index contributed by atoms with van der Waals surface area (Å²) in [6.07, 6.45) is 2.76. The summed E-state index contributed by atoms with van der Waals surface area (Å²) >= 11 is 5.79. The second-order valence-electron chi connectivity index (χ2n) is 3.88. The van der Waals surface area contributed by atoms with Crippen LogP contribution in [0.2, 0.25) is 5.02 Å². The van der Waals surface area contributed by atoms with Crippen molar-refractivity contribution in [1.29, 1.82) is 0 Å². The van der Waals surface area contributed by atoms with Crippen molar-refractivity contribution in [1.82, 2.24) is 5.06 Å². The van der Waals surface area contributed by atoms with Gasteiger partial charge >= 0.3 is 5.97 Å². The van der Waals surface area contributed by atoms with Crippen LogP contribution in [0.4, 0.5) is 0 Å². The van der Waals surface area contributed by atoms with Crippen LogP contribution in [0.1, 0.15) is 18.4 Å². The highest BCUT2D eigenvalue weighted by Crippen LogP contribution is 2.14. The third-order valence-corrected chi connectivity index (χ3v) is 2.68. The summed E-state index contributed by atoms with van der Waals surface area (Å²) in [6, 6.07) is 6.86. The lowest BCUT2D eigenvalue weighted by Crippen LogP contribution is -2.31. The van der Waals surface area contributed by atoms with Crippen LogP contribution in [-0.4, -0.2) is 22.8 Å². The van der Waals surface area contributed by atoms with E-state index in [0.29, 0.717) is 15.6 Å². The fourth-order valence-electron chi connectivity index (χ4n) is 1.55. The van der Waals surface area contributed by atoms with Gasteiger partial charge < -0.3 is 4.84 Å². The van der Waals surface area contributed by atoms with Crippen LogP contribution in [0.25, 0.3) is 6.08 Å². The number of imide groups is 1. The maximum absolute atomic E-state index is 11.5. The van der Waals surface area contributed by atoms with Gasteiger partial charge in [0.25, 0.3) is 11.8 Å². The zero-order valence-electron chi connectivity index (χ0n) is 9.84. The molecule has 2 amide bonds. The molecule has 1 aromatic carbocycles. The van der Waals surface area contributed by atoms with Gasteiger partial charge in [-0.2, -0.15) is 0 Å². The Morgan fingerprint density at radius 1 is 1.26 bits per heavy atom. The van der Waals surface area contributed by atoms with Crippen LogP contribution >= 0.6 is 11.6 Å². The molecule has 0 bridgehead atoms.